The topological polar surface area (TPSA) is 49.4 Å². The Morgan fingerprint density at radius 3 is 2.70 bits per heavy atom. The van der Waals surface area contributed by atoms with Gasteiger partial charge in [-0.1, -0.05) is 0 Å². The maximum Gasteiger partial charge on any atom is 0.401 e. The molecule has 4 nitrogen and oxygen atoms in total. The minimum absolute atomic E-state index is 0.134. The van der Waals surface area contributed by atoms with E-state index in [1.807, 2.05) is 0 Å². The van der Waals surface area contributed by atoms with Gasteiger partial charge in [-0.05, 0) is 26.3 Å². The number of nitrogens with one attached hydrogen (secondary N) is 1. The van der Waals surface area contributed by atoms with Crippen LogP contribution in [0.4, 0.5) is 13.2 Å². The Morgan fingerprint density at radius 2 is 2.15 bits per heavy atom. The highest BCUT2D eigenvalue weighted by Crippen LogP contribution is 2.22. The third kappa shape index (κ3) is 6.21. The first-order valence-electron chi connectivity index (χ1n) is 6.58. The standard InChI is InChI=1S/C12H21F3N2O2S/c1-9(20(2)19)6-16-11(18)10-4-3-5-17(7-10)8-12(13,14)15/h9-10H,3-8H2,1-2H3,(H,16,18)/t9-,10+,20+/m1/s1. The van der Waals surface area contributed by atoms with E-state index >= 15 is 0 Å². The molecule has 1 heterocycles. The molecule has 0 radical (unpaired) electrons. The Morgan fingerprint density at radius 1 is 1.50 bits per heavy atom. The van der Waals surface area contributed by atoms with Gasteiger partial charge in [0, 0.05) is 35.4 Å². The summed E-state index contributed by atoms with van der Waals surface area (Å²) in [4.78, 5) is 13.2. The number of nitrogens with zero attached hydrogens (tertiary/aromatic N) is 1. The van der Waals surface area contributed by atoms with Gasteiger partial charge >= 0.3 is 6.18 Å². The minimum Gasteiger partial charge on any atom is -0.355 e. The first-order valence-corrected chi connectivity index (χ1v) is 8.20. The maximum absolute atomic E-state index is 12.3. The van der Waals surface area contributed by atoms with Crippen molar-refractivity contribution >= 4 is 16.7 Å². The molecule has 118 valence electrons. The zero-order chi connectivity index (χ0) is 15.3. The van der Waals surface area contributed by atoms with Gasteiger partial charge < -0.3 is 5.32 Å². The van der Waals surface area contributed by atoms with E-state index in [0.717, 1.165) is 0 Å². The number of piperidine rings is 1. The zero-order valence-corrected chi connectivity index (χ0v) is 12.5. The van der Waals surface area contributed by atoms with Crippen molar-refractivity contribution in [3.63, 3.8) is 0 Å². The van der Waals surface area contributed by atoms with Gasteiger partial charge in [-0.2, -0.15) is 13.2 Å². The van der Waals surface area contributed by atoms with E-state index in [9.17, 15) is 22.2 Å². The fourth-order valence-corrected chi connectivity index (χ4v) is 2.49. The molecule has 1 saturated heterocycles. The third-order valence-electron chi connectivity index (χ3n) is 3.41. The highest BCUT2D eigenvalue weighted by atomic mass is 32.2. The van der Waals surface area contributed by atoms with Crippen molar-refractivity contribution in [3.8, 4) is 0 Å². The second-order valence-corrected chi connectivity index (χ2v) is 7.05. The summed E-state index contributed by atoms with van der Waals surface area (Å²) in [5, 5.41) is 2.52. The van der Waals surface area contributed by atoms with Gasteiger partial charge in [0.2, 0.25) is 5.91 Å². The van der Waals surface area contributed by atoms with E-state index in [1.54, 1.807) is 13.2 Å². The van der Waals surface area contributed by atoms with Crippen LogP contribution in [-0.4, -0.2) is 58.9 Å². The Labute approximate surface area is 119 Å². The van der Waals surface area contributed by atoms with Gasteiger partial charge in [0.1, 0.15) is 0 Å². The van der Waals surface area contributed by atoms with Gasteiger partial charge in [-0.3, -0.25) is 13.9 Å². The average Bonchev–Trinajstić information content (AvgIpc) is 2.33. The van der Waals surface area contributed by atoms with Crippen molar-refractivity contribution < 1.29 is 22.2 Å². The minimum atomic E-state index is -4.23. The van der Waals surface area contributed by atoms with E-state index in [-0.39, 0.29) is 24.2 Å². The molecule has 0 spiro atoms. The van der Waals surface area contributed by atoms with Crippen molar-refractivity contribution in [3.05, 3.63) is 0 Å². The van der Waals surface area contributed by atoms with Crippen molar-refractivity contribution in [2.45, 2.75) is 31.2 Å². The fourth-order valence-electron chi connectivity index (χ4n) is 2.17. The molecule has 0 bridgehead atoms. The molecule has 20 heavy (non-hydrogen) atoms. The van der Waals surface area contributed by atoms with Gasteiger partial charge in [0.05, 0.1) is 12.5 Å². The van der Waals surface area contributed by atoms with Gasteiger partial charge in [-0.15, -0.1) is 0 Å². The Bertz CT molecular complexity index is 363. The van der Waals surface area contributed by atoms with Gasteiger partial charge in [-0.25, -0.2) is 0 Å². The summed E-state index contributed by atoms with van der Waals surface area (Å²) >= 11 is 0. The molecule has 0 aliphatic carbocycles. The van der Waals surface area contributed by atoms with Crippen LogP contribution in [0.25, 0.3) is 0 Å². The lowest BCUT2D eigenvalue weighted by Crippen LogP contribution is -2.47. The van der Waals surface area contributed by atoms with Crippen molar-refractivity contribution in [1.82, 2.24) is 10.2 Å². The van der Waals surface area contributed by atoms with E-state index < -0.39 is 29.4 Å². The second-order valence-electron chi connectivity index (χ2n) is 5.24. The van der Waals surface area contributed by atoms with E-state index in [2.05, 4.69) is 5.32 Å². The maximum atomic E-state index is 12.3. The molecule has 1 aliphatic rings. The van der Waals surface area contributed by atoms with E-state index in [1.165, 1.54) is 4.90 Å². The number of hydrogen-bond donors (Lipinski definition) is 1. The molecule has 1 fully saturated rings. The number of carbonyl (C=O) groups is 1. The van der Waals surface area contributed by atoms with Crippen LogP contribution in [0.1, 0.15) is 19.8 Å². The molecular formula is C12H21F3N2O2S. The predicted octanol–water partition coefficient (Wildman–Crippen LogP) is 1.14. The van der Waals surface area contributed by atoms with Gasteiger partial charge in [0.15, 0.2) is 0 Å². The normalized spacial score (nSPS) is 24.1. The highest BCUT2D eigenvalue weighted by molar-refractivity contribution is 7.84. The lowest BCUT2D eigenvalue weighted by atomic mass is 9.97. The molecule has 0 aromatic carbocycles. The fraction of sp³-hybridized carbons (Fsp3) is 0.917. The van der Waals surface area contributed by atoms with Crippen LogP contribution in [0, 0.1) is 5.92 Å². The molecule has 1 amide bonds. The molecule has 1 aliphatic heterocycles. The molecule has 0 aromatic rings. The molecule has 0 unspecified atom stereocenters. The van der Waals surface area contributed by atoms with Crippen molar-refractivity contribution in [2.75, 3.05) is 32.4 Å². The Hall–Kier alpha value is -0.630. The average molecular weight is 314 g/mol. The largest absolute Gasteiger partial charge is 0.401 e. The van der Waals surface area contributed by atoms with Crippen LogP contribution in [0.3, 0.4) is 0 Å². The number of hydrogen-bond acceptors (Lipinski definition) is 3. The lowest BCUT2D eigenvalue weighted by molar-refractivity contribution is -0.152. The van der Waals surface area contributed by atoms with E-state index in [4.69, 9.17) is 0 Å². The third-order valence-corrected chi connectivity index (χ3v) is 4.71. The van der Waals surface area contributed by atoms with Crippen molar-refractivity contribution in [2.24, 2.45) is 5.92 Å². The van der Waals surface area contributed by atoms with Crippen LogP contribution >= 0.6 is 0 Å². The number of rotatable bonds is 5. The summed E-state index contributed by atoms with van der Waals surface area (Å²) in [6, 6.07) is 0. The highest BCUT2D eigenvalue weighted by Gasteiger charge is 2.34. The monoisotopic (exact) mass is 314 g/mol. The summed E-state index contributed by atoms with van der Waals surface area (Å²) in [5.41, 5.74) is 0. The molecule has 0 saturated carbocycles. The van der Waals surface area contributed by atoms with Crippen LogP contribution in [0.2, 0.25) is 0 Å². The Balaban J connectivity index is 2.42. The molecule has 3 atom stereocenters. The first kappa shape index (κ1) is 17.4. The van der Waals surface area contributed by atoms with Crippen molar-refractivity contribution in [1.29, 1.82) is 0 Å². The Kier molecular flexibility index (Phi) is 6.44. The predicted molar refractivity (Wildman–Crippen MR) is 71.8 cm³/mol. The summed E-state index contributed by atoms with van der Waals surface area (Å²) in [7, 11) is -1.03. The smallest absolute Gasteiger partial charge is 0.355 e. The summed E-state index contributed by atoms with van der Waals surface area (Å²) < 4.78 is 48.2. The SMILES string of the molecule is C[C@H](CNC(=O)[C@H]1CCCN(CC(F)(F)F)C1)[S@](C)=O. The first-order chi connectivity index (χ1) is 9.19. The van der Waals surface area contributed by atoms with Crippen LogP contribution in [-0.2, 0) is 15.6 Å². The van der Waals surface area contributed by atoms with Crippen LogP contribution in [0.15, 0.2) is 0 Å². The summed E-state index contributed by atoms with van der Waals surface area (Å²) in [5.74, 6) is -0.655. The summed E-state index contributed by atoms with van der Waals surface area (Å²) in [6.07, 6.45) is -1.48. The van der Waals surface area contributed by atoms with Crippen LogP contribution in [0.5, 0.6) is 0 Å². The van der Waals surface area contributed by atoms with Crippen LogP contribution < -0.4 is 5.32 Å². The zero-order valence-electron chi connectivity index (χ0n) is 11.7. The number of likely N-dealkylation sites (tertiary alicyclic amines) is 1. The number of alkyl halides is 3. The van der Waals surface area contributed by atoms with Gasteiger partial charge in [0.25, 0.3) is 0 Å². The number of halogens is 3. The molecule has 0 aromatic heterocycles. The summed E-state index contributed by atoms with van der Waals surface area (Å²) in [6.45, 7) is 1.59. The number of carbonyl (C=O) groups excluding carboxylic acids is 1. The molecule has 1 rings (SSSR count). The molecule has 8 heteroatoms. The van der Waals surface area contributed by atoms with E-state index in [0.29, 0.717) is 19.4 Å². The lowest BCUT2D eigenvalue weighted by Gasteiger charge is -2.32. The second kappa shape index (κ2) is 7.40. The molecule has 1 N–H and O–H groups in total. The molecular weight excluding hydrogens is 293 g/mol. The quantitative estimate of drug-likeness (QED) is 0.828. The number of amides is 1.